The first-order valence-corrected chi connectivity index (χ1v) is 7.16. The van der Waals surface area contributed by atoms with Gasteiger partial charge in [0.25, 0.3) is 0 Å². The Kier molecular flexibility index (Phi) is 4.79. The van der Waals surface area contributed by atoms with Crippen LogP contribution < -0.4 is 5.32 Å². The van der Waals surface area contributed by atoms with Crippen molar-refractivity contribution in [3.63, 3.8) is 0 Å². The van der Waals surface area contributed by atoms with E-state index in [9.17, 15) is 4.39 Å². The molecule has 1 unspecified atom stereocenters. The van der Waals surface area contributed by atoms with Gasteiger partial charge in [-0.15, -0.1) is 0 Å². The molecule has 0 saturated carbocycles. The Balaban J connectivity index is 2.47. The van der Waals surface area contributed by atoms with E-state index in [0.29, 0.717) is 0 Å². The summed E-state index contributed by atoms with van der Waals surface area (Å²) in [6, 6.07) is 11.3. The number of hydrogen-bond donors (Lipinski definition) is 1. The van der Waals surface area contributed by atoms with Gasteiger partial charge in [0.1, 0.15) is 5.82 Å². The van der Waals surface area contributed by atoms with Crippen LogP contribution in [0.15, 0.2) is 36.4 Å². The van der Waals surface area contributed by atoms with Gasteiger partial charge in [-0.1, -0.05) is 48.4 Å². The van der Waals surface area contributed by atoms with Gasteiger partial charge in [-0.05, 0) is 49.2 Å². The molecule has 106 valence electrons. The maximum Gasteiger partial charge on any atom is 0.142 e. The first-order chi connectivity index (χ1) is 9.52. The Morgan fingerprint density at radius 1 is 1.15 bits per heavy atom. The van der Waals surface area contributed by atoms with E-state index in [1.54, 1.807) is 6.07 Å². The molecule has 3 heteroatoms. The fourth-order valence-corrected chi connectivity index (χ4v) is 2.57. The summed E-state index contributed by atoms with van der Waals surface area (Å²) >= 11 is 5.77. The first kappa shape index (κ1) is 15.0. The molecule has 0 fully saturated rings. The van der Waals surface area contributed by atoms with E-state index < -0.39 is 0 Å². The molecule has 0 spiro atoms. The SMILES string of the molecule is CCNC(c1ccc(Cl)c(F)c1)c1ccc(C)cc1C. The van der Waals surface area contributed by atoms with Crippen LogP contribution in [0, 0.1) is 19.7 Å². The Morgan fingerprint density at radius 2 is 1.90 bits per heavy atom. The van der Waals surface area contributed by atoms with E-state index >= 15 is 0 Å². The summed E-state index contributed by atoms with van der Waals surface area (Å²) < 4.78 is 13.7. The van der Waals surface area contributed by atoms with Crippen LogP contribution >= 0.6 is 11.6 Å². The van der Waals surface area contributed by atoms with Crippen molar-refractivity contribution in [1.29, 1.82) is 0 Å². The highest BCUT2D eigenvalue weighted by molar-refractivity contribution is 6.30. The summed E-state index contributed by atoms with van der Waals surface area (Å²) in [6.07, 6.45) is 0. The van der Waals surface area contributed by atoms with Crippen LogP contribution in [-0.4, -0.2) is 6.54 Å². The lowest BCUT2D eigenvalue weighted by Crippen LogP contribution is -2.23. The average molecular weight is 292 g/mol. The van der Waals surface area contributed by atoms with Crippen molar-refractivity contribution >= 4 is 11.6 Å². The van der Waals surface area contributed by atoms with Gasteiger partial charge in [-0.3, -0.25) is 0 Å². The Labute approximate surface area is 124 Å². The second-order valence-corrected chi connectivity index (χ2v) is 5.43. The molecule has 0 aliphatic rings. The molecule has 0 heterocycles. The summed E-state index contributed by atoms with van der Waals surface area (Å²) in [5, 5.41) is 3.57. The molecule has 0 bridgehead atoms. The standard InChI is InChI=1S/C17H19ClFN/c1-4-20-17(13-6-8-15(18)16(19)10-13)14-7-5-11(2)9-12(14)3/h5-10,17,20H,4H2,1-3H3. The Morgan fingerprint density at radius 3 is 2.50 bits per heavy atom. The summed E-state index contributed by atoms with van der Waals surface area (Å²) in [7, 11) is 0. The zero-order valence-corrected chi connectivity index (χ0v) is 12.8. The second kappa shape index (κ2) is 6.38. The molecule has 1 nitrogen and oxygen atoms in total. The highest BCUT2D eigenvalue weighted by Gasteiger charge is 2.16. The Hall–Kier alpha value is -1.38. The van der Waals surface area contributed by atoms with Crippen LogP contribution in [0.3, 0.4) is 0 Å². The summed E-state index contributed by atoms with van der Waals surface area (Å²) in [5.74, 6) is -0.378. The number of benzene rings is 2. The Bertz CT molecular complexity index is 610. The summed E-state index contributed by atoms with van der Waals surface area (Å²) in [5.41, 5.74) is 4.48. The normalized spacial score (nSPS) is 12.4. The number of nitrogens with one attached hydrogen (secondary N) is 1. The molecule has 0 radical (unpaired) electrons. The van der Waals surface area contributed by atoms with E-state index in [-0.39, 0.29) is 16.9 Å². The van der Waals surface area contributed by atoms with Gasteiger partial charge >= 0.3 is 0 Å². The van der Waals surface area contributed by atoms with Crippen LogP contribution in [0.5, 0.6) is 0 Å². The van der Waals surface area contributed by atoms with Gasteiger partial charge in [-0.2, -0.15) is 0 Å². The van der Waals surface area contributed by atoms with Gasteiger partial charge in [0.05, 0.1) is 11.1 Å². The van der Waals surface area contributed by atoms with Crippen LogP contribution in [0.2, 0.25) is 5.02 Å². The highest BCUT2D eigenvalue weighted by Crippen LogP contribution is 2.28. The van der Waals surface area contributed by atoms with E-state index in [1.807, 2.05) is 13.0 Å². The molecule has 0 aliphatic carbocycles. The van der Waals surface area contributed by atoms with E-state index in [1.165, 1.54) is 22.8 Å². The molecule has 2 aromatic carbocycles. The second-order valence-electron chi connectivity index (χ2n) is 5.02. The van der Waals surface area contributed by atoms with Gasteiger partial charge in [0.2, 0.25) is 0 Å². The molecule has 0 aromatic heterocycles. The van der Waals surface area contributed by atoms with Gasteiger partial charge in [-0.25, -0.2) is 4.39 Å². The highest BCUT2D eigenvalue weighted by atomic mass is 35.5. The zero-order chi connectivity index (χ0) is 14.7. The predicted molar refractivity (Wildman–Crippen MR) is 82.8 cm³/mol. The molecule has 0 amide bonds. The summed E-state index contributed by atoms with van der Waals surface area (Å²) in [4.78, 5) is 0. The van der Waals surface area contributed by atoms with E-state index in [4.69, 9.17) is 11.6 Å². The lowest BCUT2D eigenvalue weighted by Gasteiger charge is -2.21. The lowest BCUT2D eigenvalue weighted by molar-refractivity contribution is 0.602. The van der Waals surface area contributed by atoms with E-state index in [2.05, 4.69) is 37.4 Å². The fraction of sp³-hybridized carbons (Fsp3) is 0.294. The molecule has 20 heavy (non-hydrogen) atoms. The number of hydrogen-bond acceptors (Lipinski definition) is 1. The molecule has 2 rings (SSSR count). The minimum Gasteiger partial charge on any atom is -0.307 e. The number of halogens is 2. The molecular formula is C17H19ClFN. The van der Waals surface area contributed by atoms with Gasteiger partial charge < -0.3 is 5.32 Å². The topological polar surface area (TPSA) is 12.0 Å². The van der Waals surface area contributed by atoms with Crippen LogP contribution in [0.25, 0.3) is 0 Å². The predicted octanol–water partition coefficient (Wildman–Crippen LogP) is 4.79. The quantitative estimate of drug-likeness (QED) is 0.853. The van der Waals surface area contributed by atoms with Crippen molar-refractivity contribution in [2.45, 2.75) is 26.8 Å². The van der Waals surface area contributed by atoms with Crippen molar-refractivity contribution in [1.82, 2.24) is 5.32 Å². The number of aryl methyl sites for hydroxylation is 2. The molecule has 0 aliphatic heterocycles. The fourth-order valence-electron chi connectivity index (χ4n) is 2.45. The van der Waals surface area contributed by atoms with Crippen LogP contribution in [-0.2, 0) is 0 Å². The molecule has 1 atom stereocenters. The maximum absolute atomic E-state index is 13.7. The first-order valence-electron chi connectivity index (χ1n) is 6.78. The van der Waals surface area contributed by atoms with Crippen molar-refractivity contribution in [2.24, 2.45) is 0 Å². The maximum atomic E-state index is 13.7. The minimum absolute atomic E-state index is 0.0210. The van der Waals surface area contributed by atoms with Crippen LogP contribution in [0.1, 0.15) is 35.2 Å². The zero-order valence-electron chi connectivity index (χ0n) is 12.0. The molecular weight excluding hydrogens is 273 g/mol. The van der Waals surface area contributed by atoms with Gasteiger partial charge in [0, 0.05) is 0 Å². The van der Waals surface area contributed by atoms with Crippen LogP contribution in [0.4, 0.5) is 4.39 Å². The molecule has 0 saturated heterocycles. The molecule has 1 N–H and O–H groups in total. The van der Waals surface area contributed by atoms with Crippen molar-refractivity contribution in [3.05, 3.63) is 69.5 Å². The third-order valence-electron chi connectivity index (χ3n) is 3.42. The summed E-state index contributed by atoms with van der Waals surface area (Å²) in [6.45, 7) is 7.00. The smallest absolute Gasteiger partial charge is 0.142 e. The van der Waals surface area contributed by atoms with Gasteiger partial charge in [0.15, 0.2) is 0 Å². The van der Waals surface area contributed by atoms with Crippen molar-refractivity contribution in [2.75, 3.05) is 6.54 Å². The molecule has 2 aromatic rings. The number of rotatable bonds is 4. The van der Waals surface area contributed by atoms with E-state index in [0.717, 1.165) is 12.1 Å². The monoisotopic (exact) mass is 291 g/mol. The average Bonchev–Trinajstić information content (AvgIpc) is 2.40. The lowest BCUT2D eigenvalue weighted by atomic mass is 9.93. The largest absolute Gasteiger partial charge is 0.307 e. The van der Waals surface area contributed by atoms with Crippen molar-refractivity contribution in [3.8, 4) is 0 Å². The minimum atomic E-state index is -0.378. The van der Waals surface area contributed by atoms with Crippen molar-refractivity contribution < 1.29 is 4.39 Å². The third kappa shape index (κ3) is 3.20. The third-order valence-corrected chi connectivity index (χ3v) is 3.73.